The van der Waals surface area contributed by atoms with Crippen molar-refractivity contribution in [1.29, 1.82) is 0 Å². The van der Waals surface area contributed by atoms with Crippen LogP contribution in [0, 0.1) is 6.92 Å². The van der Waals surface area contributed by atoms with Crippen LogP contribution in [0.4, 0.5) is 17.6 Å². The van der Waals surface area contributed by atoms with E-state index in [1.165, 1.54) is 49.4 Å². The Kier molecular flexibility index (Phi) is 14.7. The first kappa shape index (κ1) is 43.7. The molecule has 0 atom stereocenters. The molecule has 0 fully saturated rings. The average molecular weight is 833 g/mol. The maximum absolute atomic E-state index is 14.2. The van der Waals surface area contributed by atoms with Gasteiger partial charge in [-0.3, -0.25) is 0 Å². The van der Waals surface area contributed by atoms with Gasteiger partial charge in [-0.25, -0.2) is 19.2 Å². The lowest BCUT2D eigenvalue weighted by atomic mass is 10.1. The molecule has 2 aliphatic heterocycles. The summed E-state index contributed by atoms with van der Waals surface area (Å²) in [6, 6.07) is 8.73. The lowest BCUT2D eigenvalue weighted by Crippen LogP contribution is -2.26. The molecule has 0 spiro atoms. The van der Waals surface area contributed by atoms with Crippen LogP contribution in [0.15, 0.2) is 67.8 Å². The molecule has 0 N–H and O–H groups in total. The van der Waals surface area contributed by atoms with Gasteiger partial charge in [0.15, 0.2) is 23.0 Å². The number of aryl methyl sites for hydroxylation is 1. The molecule has 0 radical (unpaired) electrons. The predicted molar refractivity (Wildman–Crippen MR) is 197 cm³/mol. The normalized spacial score (nSPS) is 13.8. The van der Waals surface area contributed by atoms with E-state index in [4.69, 9.17) is 28.4 Å². The van der Waals surface area contributed by atoms with E-state index in [1.54, 1.807) is 0 Å². The predicted octanol–water partition coefficient (Wildman–Crippen LogP) is 8.41. The summed E-state index contributed by atoms with van der Waals surface area (Å²) in [5, 5.41) is 0. The largest absolute Gasteiger partial charge is 0.586 e. The molecule has 14 nitrogen and oxygen atoms in total. The van der Waals surface area contributed by atoms with Crippen molar-refractivity contribution in [2.75, 3.05) is 26.4 Å². The average Bonchev–Trinajstić information content (AvgIpc) is 3.71. The Bertz CT molecular complexity index is 2050. The van der Waals surface area contributed by atoms with Crippen LogP contribution in [0.2, 0.25) is 0 Å². The zero-order valence-corrected chi connectivity index (χ0v) is 31.8. The molecule has 2 heterocycles. The number of esters is 4. The van der Waals surface area contributed by atoms with Crippen molar-refractivity contribution >= 4 is 23.9 Å². The van der Waals surface area contributed by atoms with Gasteiger partial charge >= 0.3 is 36.5 Å². The lowest BCUT2D eigenvalue weighted by molar-refractivity contribution is -0.288. The minimum Gasteiger partial charge on any atom is -0.490 e. The number of hydrogen-bond acceptors (Lipinski definition) is 14. The molecule has 0 aliphatic carbocycles. The summed E-state index contributed by atoms with van der Waals surface area (Å²) in [6.07, 6.45) is -0.884. The zero-order chi connectivity index (χ0) is 42.6. The van der Waals surface area contributed by atoms with Gasteiger partial charge in [-0.05, 0) is 106 Å². The summed E-state index contributed by atoms with van der Waals surface area (Å²) in [4.78, 5) is 48.6. The third kappa shape index (κ3) is 12.0. The first-order valence-corrected chi connectivity index (χ1v) is 18.4. The van der Waals surface area contributed by atoms with Gasteiger partial charge in [0.2, 0.25) is 11.5 Å². The molecular formula is C41H40F4O14. The van der Waals surface area contributed by atoms with Crippen molar-refractivity contribution in [3.05, 3.63) is 84.5 Å². The summed E-state index contributed by atoms with van der Waals surface area (Å²) < 4.78 is 107. The van der Waals surface area contributed by atoms with Gasteiger partial charge in [-0.1, -0.05) is 13.2 Å². The van der Waals surface area contributed by atoms with Gasteiger partial charge in [0.25, 0.3) is 0 Å². The molecule has 0 saturated carbocycles. The first-order valence-electron chi connectivity index (χ1n) is 18.4. The fourth-order valence-corrected chi connectivity index (χ4v) is 5.61. The SMILES string of the molecule is C=CC(=O)OCCCCCCOc1ccc(C(=O)Oc2ccc(OC(=O)c3ccc(OCCCCCCOC(=O)C=C)c4c3OC(F)(F)O4)c(C)c2)c2c1OC(F)(F)O2. The number of unbranched alkanes of at least 4 members (excludes halogenated alkanes) is 6. The van der Waals surface area contributed by atoms with E-state index < -0.39 is 70.6 Å². The topological polar surface area (TPSA) is 161 Å². The quantitative estimate of drug-likeness (QED) is 0.0312. The standard InChI is InChI=1S/C41H40F4O14/c1-4-32(46)52-22-12-8-6-10-20-50-30-18-15-27(34-36(30)58-40(42,43)56-34)38(48)54-26-14-17-29(25(3)24-26)55-39(49)28-16-19-31(37-35(28)57-41(44,45)59-37)51-21-11-7-9-13-23-53-33(47)5-2/h4-5,14-19,24H,1-2,6-13,20-23H2,3H3. The monoisotopic (exact) mass is 832 g/mol. The highest BCUT2D eigenvalue weighted by Crippen LogP contribution is 2.51. The third-order valence-corrected chi connectivity index (χ3v) is 8.45. The highest BCUT2D eigenvalue weighted by atomic mass is 19.3. The zero-order valence-electron chi connectivity index (χ0n) is 31.8. The van der Waals surface area contributed by atoms with E-state index in [0.29, 0.717) is 38.5 Å². The molecule has 18 heteroatoms. The summed E-state index contributed by atoms with van der Waals surface area (Å²) >= 11 is 0. The minimum absolute atomic E-state index is 0.0382. The Morgan fingerprint density at radius 2 is 0.966 bits per heavy atom. The number of carbonyl (C=O) groups excluding carboxylic acids is 4. The van der Waals surface area contributed by atoms with Gasteiger partial charge in [-0.15, -0.1) is 17.6 Å². The van der Waals surface area contributed by atoms with Crippen LogP contribution in [0.5, 0.6) is 46.0 Å². The Labute approximate surface area is 335 Å². The molecule has 5 rings (SSSR count). The summed E-state index contributed by atoms with van der Waals surface area (Å²) in [5.74, 6) is -5.63. The van der Waals surface area contributed by atoms with Crippen LogP contribution in [-0.2, 0) is 19.1 Å². The molecule has 0 unspecified atom stereocenters. The van der Waals surface area contributed by atoms with E-state index in [0.717, 1.165) is 25.0 Å². The van der Waals surface area contributed by atoms with Crippen molar-refractivity contribution in [3.63, 3.8) is 0 Å². The lowest BCUT2D eigenvalue weighted by Gasteiger charge is -2.13. The van der Waals surface area contributed by atoms with Crippen molar-refractivity contribution in [3.8, 4) is 46.0 Å². The molecular weight excluding hydrogens is 792 g/mol. The molecule has 3 aromatic carbocycles. The van der Waals surface area contributed by atoms with Crippen LogP contribution >= 0.6 is 0 Å². The summed E-state index contributed by atoms with van der Waals surface area (Å²) in [6.45, 7) is 8.88. The number of alkyl halides is 4. The van der Waals surface area contributed by atoms with E-state index in [1.807, 2.05) is 0 Å². The molecule has 0 amide bonds. The van der Waals surface area contributed by atoms with Crippen LogP contribution in [0.25, 0.3) is 0 Å². The molecule has 2 aliphatic rings. The smallest absolute Gasteiger partial charge is 0.490 e. The molecule has 59 heavy (non-hydrogen) atoms. The summed E-state index contributed by atoms with van der Waals surface area (Å²) in [7, 11) is 0. The molecule has 0 bridgehead atoms. The van der Waals surface area contributed by atoms with E-state index in [9.17, 15) is 36.7 Å². The van der Waals surface area contributed by atoms with Crippen LogP contribution in [-0.4, -0.2) is 62.9 Å². The van der Waals surface area contributed by atoms with Crippen LogP contribution in [0.3, 0.4) is 0 Å². The number of ether oxygens (including phenoxy) is 10. The first-order chi connectivity index (χ1) is 28.2. The van der Waals surface area contributed by atoms with E-state index >= 15 is 0 Å². The molecule has 3 aromatic rings. The fraction of sp³-hybridized carbons (Fsp3) is 0.366. The third-order valence-electron chi connectivity index (χ3n) is 8.45. The second-order valence-electron chi connectivity index (χ2n) is 12.8. The van der Waals surface area contributed by atoms with Gasteiger partial charge in [0.1, 0.15) is 22.6 Å². The van der Waals surface area contributed by atoms with Gasteiger partial charge in [-0.2, -0.15) is 0 Å². The van der Waals surface area contributed by atoms with Gasteiger partial charge in [0, 0.05) is 12.2 Å². The maximum atomic E-state index is 14.2. The van der Waals surface area contributed by atoms with Crippen molar-refractivity contribution in [1.82, 2.24) is 0 Å². The molecule has 0 aromatic heterocycles. The van der Waals surface area contributed by atoms with Gasteiger partial charge in [0.05, 0.1) is 26.4 Å². The highest BCUT2D eigenvalue weighted by molar-refractivity contribution is 5.97. The van der Waals surface area contributed by atoms with Crippen molar-refractivity contribution in [2.24, 2.45) is 0 Å². The number of benzene rings is 3. The second kappa shape index (κ2) is 19.8. The molecule has 316 valence electrons. The number of halogens is 4. The fourth-order valence-electron chi connectivity index (χ4n) is 5.61. The van der Waals surface area contributed by atoms with Crippen LogP contribution in [0.1, 0.15) is 77.6 Å². The summed E-state index contributed by atoms with van der Waals surface area (Å²) in [5.41, 5.74) is -0.521. The van der Waals surface area contributed by atoms with Gasteiger partial charge < -0.3 is 47.4 Å². The highest BCUT2D eigenvalue weighted by Gasteiger charge is 2.48. The van der Waals surface area contributed by atoms with Crippen molar-refractivity contribution < 1.29 is 84.1 Å². The molecule has 0 saturated heterocycles. The number of fused-ring (bicyclic) bond motifs is 2. The number of rotatable bonds is 22. The van der Waals surface area contributed by atoms with E-state index in [2.05, 4.69) is 32.1 Å². The Balaban J connectivity index is 1.16. The minimum atomic E-state index is -4.09. The van der Waals surface area contributed by atoms with E-state index in [-0.39, 0.29) is 55.0 Å². The maximum Gasteiger partial charge on any atom is 0.586 e. The van der Waals surface area contributed by atoms with Crippen molar-refractivity contribution in [2.45, 2.75) is 70.9 Å². The number of hydrogen-bond donors (Lipinski definition) is 0. The Hall–Kier alpha value is -6.46. The second-order valence-corrected chi connectivity index (χ2v) is 12.8. The number of carbonyl (C=O) groups is 4. The van der Waals surface area contributed by atoms with Crippen LogP contribution < -0.4 is 37.9 Å². The Morgan fingerprint density at radius 3 is 1.41 bits per heavy atom. The Morgan fingerprint density at radius 1 is 0.559 bits per heavy atom.